The van der Waals surface area contributed by atoms with Gasteiger partial charge in [0.2, 0.25) is 5.91 Å². The Morgan fingerprint density at radius 1 is 0.830 bits per heavy atom. The maximum atomic E-state index is 14.8. The molecule has 4 amide bonds. The second kappa shape index (κ2) is 16.5. The highest BCUT2D eigenvalue weighted by molar-refractivity contribution is 14.1. The zero-order valence-electron chi connectivity index (χ0n) is 27.8. The summed E-state index contributed by atoms with van der Waals surface area (Å²) in [5, 5.41) is 8.19. The zero-order chi connectivity index (χ0) is 34.8. The van der Waals surface area contributed by atoms with Gasteiger partial charge in [0.15, 0.2) is 0 Å². The van der Waals surface area contributed by atoms with Crippen molar-refractivity contribution < 1.29 is 33.4 Å². The predicted molar refractivity (Wildman–Crippen MR) is 188 cm³/mol. The molecule has 0 heterocycles. The molecular formula is C35H43IN4O7. The van der Waals surface area contributed by atoms with Gasteiger partial charge in [-0.25, -0.2) is 9.59 Å². The van der Waals surface area contributed by atoms with E-state index in [4.69, 9.17) is 14.2 Å². The first kappa shape index (κ1) is 37.1. The quantitative estimate of drug-likeness (QED) is 0.201. The fraction of sp³-hybridized carbons (Fsp3) is 0.371. The van der Waals surface area contributed by atoms with E-state index < -0.39 is 47.2 Å². The highest BCUT2D eigenvalue weighted by Crippen LogP contribution is 2.33. The number of anilines is 1. The molecule has 0 aromatic heterocycles. The van der Waals surface area contributed by atoms with Crippen LogP contribution in [0.15, 0.2) is 78.9 Å². The molecule has 0 aliphatic heterocycles. The van der Waals surface area contributed by atoms with Crippen molar-refractivity contribution in [3.05, 3.63) is 93.6 Å². The number of amides is 4. The zero-order valence-corrected chi connectivity index (χ0v) is 29.9. The van der Waals surface area contributed by atoms with Gasteiger partial charge >= 0.3 is 12.2 Å². The Labute approximate surface area is 289 Å². The number of halogens is 1. The predicted octanol–water partition coefficient (Wildman–Crippen LogP) is 6.11. The number of hydrogen-bond acceptors (Lipinski definition) is 7. The van der Waals surface area contributed by atoms with Crippen LogP contribution in [0.25, 0.3) is 0 Å². The number of ether oxygens (including phenoxy) is 3. The highest BCUT2D eigenvalue weighted by Gasteiger charge is 2.39. The van der Waals surface area contributed by atoms with Crippen molar-refractivity contribution in [2.75, 3.05) is 18.6 Å². The van der Waals surface area contributed by atoms with Crippen molar-refractivity contribution in [1.82, 2.24) is 16.0 Å². The van der Waals surface area contributed by atoms with Gasteiger partial charge in [-0.1, -0.05) is 54.6 Å². The molecule has 0 bridgehead atoms. The van der Waals surface area contributed by atoms with Crippen molar-refractivity contribution in [2.45, 2.75) is 71.4 Å². The summed E-state index contributed by atoms with van der Waals surface area (Å²) in [7, 11) is 1.53. The van der Waals surface area contributed by atoms with Crippen molar-refractivity contribution in [3.8, 4) is 5.75 Å². The van der Waals surface area contributed by atoms with Crippen molar-refractivity contribution in [1.29, 1.82) is 0 Å². The van der Waals surface area contributed by atoms with E-state index >= 15 is 0 Å². The van der Waals surface area contributed by atoms with Crippen LogP contribution in [0.3, 0.4) is 0 Å². The molecule has 0 saturated carbocycles. The van der Waals surface area contributed by atoms with Gasteiger partial charge in [0.25, 0.3) is 5.91 Å². The first-order chi connectivity index (χ1) is 22.1. The highest BCUT2D eigenvalue weighted by atomic mass is 127. The van der Waals surface area contributed by atoms with Crippen LogP contribution in [0.1, 0.15) is 58.7 Å². The molecule has 252 valence electrons. The Hall–Kier alpha value is -4.33. The van der Waals surface area contributed by atoms with Gasteiger partial charge in [0.1, 0.15) is 30.0 Å². The van der Waals surface area contributed by atoms with E-state index in [0.29, 0.717) is 20.6 Å². The number of alkyl carbamates (subject to hydrolysis) is 2. The maximum Gasteiger partial charge on any atom is 0.408 e. The van der Waals surface area contributed by atoms with Gasteiger partial charge in [-0.15, -0.1) is 0 Å². The van der Waals surface area contributed by atoms with Crippen LogP contribution < -0.4 is 25.6 Å². The molecule has 0 spiro atoms. The lowest BCUT2D eigenvalue weighted by molar-refractivity contribution is -0.128. The van der Waals surface area contributed by atoms with Gasteiger partial charge in [0.05, 0.1) is 19.3 Å². The lowest BCUT2D eigenvalue weighted by Crippen LogP contribution is -2.57. The lowest BCUT2D eigenvalue weighted by atomic mass is 9.99. The molecule has 11 nitrogen and oxygen atoms in total. The molecule has 3 N–H and O–H groups in total. The minimum absolute atomic E-state index is 0.0458. The van der Waals surface area contributed by atoms with Crippen molar-refractivity contribution in [2.24, 2.45) is 0 Å². The van der Waals surface area contributed by atoms with Crippen LogP contribution >= 0.6 is 22.6 Å². The van der Waals surface area contributed by atoms with Crippen molar-refractivity contribution in [3.63, 3.8) is 0 Å². The summed E-state index contributed by atoms with van der Waals surface area (Å²) >= 11 is 2.09. The average Bonchev–Trinajstić information content (AvgIpc) is 3.00. The van der Waals surface area contributed by atoms with Crippen LogP contribution in [0.5, 0.6) is 5.75 Å². The average molecular weight is 759 g/mol. The number of methoxy groups -OCH3 is 1. The summed E-state index contributed by atoms with van der Waals surface area (Å²) in [6, 6.07) is 20.4. The summed E-state index contributed by atoms with van der Waals surface area (Å²) in [6.45, 7) is 10.2. The van der Waals surface area contributed by atoms with Gasteiger partial charge in [-0.05, 0) is 99.5 Å². The van der Waals surface area contributed by atoms with Gasteiger partial charge < -0.3 is 30.2 Å². The van der Waals surface area contributed by atoms with E-state index in [0.717, 1.165) is 5.56 Å². The molecule has 0 aliphatic rings. The maximum absolute atomic E-state index is 14.8. The molecule has 47 heavy (non-hydrogen) atoms. The number of nitrogens with one attached hydrogen (secondary N) is 3. The second-order valence-electron chi connectivity index (χ2n) is 12.7. The van der Waals surface area contributed by atoms with E-state index in [1.807, 2.05) is 45.0 Å². The third-order valence-corrected chi connectivity index (χ3v) is 7.35. The number of carbonyl (C=O) groups is 4. The van der Waals surface area contributed by atoms with Crippen LogP contribution in [0.2, 0.25) is 0 Å². The number of rotatable bonds is 11. The Morgan fingerprint density at radius 2 is 1.45 bits per heavy atom. The van der Waals surface area contributed by atoms with E-state index in [1.165, 1.54) is 12.0 Å². The Kier molecular flexibility index (Phi) is 13.0. The number of carbonyl (C=O) groups excluding carboxylic acids is 4. The number of hydrogen-bond donors (Lipinski definition) is 3. The largest absolute Gasteiger partial charge is 0.497 e. The Morgan fingerprint density at radius 3 is 2.02 bits per heavy atom. The third-order valence-electron chi connectivity index (χ3n) is 6.44. The Balaban J connectivity index is 2.09. The minimum Gasteiger partial charge on any atom is -0.497 e. The normalized spacial score (nSPS) is 12.6. The number of nitrogens with zero attached hydrogens (tertiary/aromatic N) is 1. The molecule has 3 rings (SSSR count). The van der Waals surface area contributed by atoms with Gasteiger partial charge in [-0.2, -0.15) is 0 Å². The fourth-order valence-electron chi connectivity index (χ4n) is 4.45. The molecule has 0 radical (unpaired) electrons. The molecule has 0 aliphatic carbocycles. The summed E-state index contributed by atoms with van der Waals surface area (Å²) in [5.41, 5.74) is 0.215. The lowest BCUT2D eigenvalue weighted by Gasteiger charge is -2.36. The molecule has 0 saturated heterocycles. The molecule has 1 unspecified atom stereocenters. The van der Waals surface area contributed by atoms with Crippen LogP contribution in [0, 0.1) is 3.57 Å². The van der Waals surface area contributed by atoms with E-state index in [2.05, 4.69) is 38.5 Å². The SMILES string of the molecule is COc1ccc(C(C(=O)NC(C)(C)C)N(C(=O)[C@H](CNC(=O)OC(C)(C)C)NC(=O)OCc2ccccc2)c2ccccc2I)cc1. The fourth-order valence-corrected chi connectivity index (χ4v) is 5.10. The number of para-hydroxylation sites is 1. The first-order valence-corrected chi connectivity index (χ1v) is 16.1. The summed E-state index contributed by atoms with van der Waals surface area (Å²) in [6.07, 6.45) is -1.67. The second-order valence-corrected chi connectivity index (χ2v) is 13.9. The molecule has 3 aromatic rings. The van der Waals surface area contributed by atoms with Gasteiger partial charge in [-0.3, -0.25) is 14.5 Å². The molecule has 0 fully saturated rings. The van der Waals surface area contributed by atoms with E-state index in [9.17, 15) is 19.2 Å². The first-order valence-electron chi connectivity index (χ1n) is 15.1. The van der Waals surface area contributed by atoms with E-state index in [-0.39, 0.29) is 13.2 Å². The van der Waals surface area contributed by atoms with Crippen molar-refractivity contribution >= 4 is 52.3 Å². The number of benzene rings is 3. The van der Waals surface area contributed by atoms with Crippen LogP contribution in [0.4, 0.5) is 15.3 Å². The Bertz CT molecular complexity index is 1520. The third kappa shape index (κ3) is 11.8. The smallest absolute Gasteiger partial charge is 0.408 e. The topological polar surface area (TPSA) is 135 Å². The van der Waals surface area contributed by atoms with Gasteiger partial charge in [0, 0.05) is 9.11 Å². The van der Waals surface area contributed by atoms with Crippen LogP contribution in [-0.4, -0.2) is 54.8 Å². The summed E-state index contributed by atoms with van der Waals surface area (Å²) in [5.74, 6) is -0.564. The van der Waals surface area contributed by atoms with E-state index in [1.54, 1.807) is 75.4 Å². The minimum atomic E-state index is -1.37. The molecular weight excluding hydrogens is 715 g/mol. The van der Waals surface area contributed by atoms with Crippen LogP contribution in [-0.2, 0) is 25.7 Å². The molecule has 12 heteroatoms. The monoisotopic (exact) mass is 758 g/mol. The molecule has 2 atom stereocenters. The summed E-state index contributed by atoms with van der Waals surface area (Å²) in [4.78, 5) is 56.0. The summed E-state index contributed by atoms with van der Waals surface area (Å²) < 4.78 is 16.8. The standard InChI is InChI=1S/C35H43IN4O7/c1-34(2,3)39-30(41)29(24-17-19-25(45-7)20-18-24)40(28-16-12-11-15-26(28)36)31(42)27(21-37-32(43)47-35(4,5)6)38-33(44)46-22-23-13-9-8-10-14-23/h8-20,27,29H,21-22H2,1-7H3,(H,37,43)(H,38,44)(H,39,41)/t27-,29?/m0/s1. The molecule has 3 aromatic carbocycles.